The first kappa shape index (κ1) is 28.2. The maximum atomic E-state index is 12.8. The summed E-state index contributed by atoms with van der Waals surface area (Å²) < 4.78 is 55.5. The SMILES string of the molecule is C[C@@H]1CN(c2cccc(-c3ccc4cnc(CC(=O)NC[C@@H]5CCN(S(=O)(=O)C(F)F)C5)cc4n3)n2)C[C@H](C)O1. The topological polar surface area (TPSA) is 118 Å². The van der Waals surface area contributed by atoms with Gasteiger partial charge in [0.25, 0.3) is 10.0 Å². The molecule has 3 atom stereocenters. The molecule has 5 heterocycles. The third-order valence-electron chi connectivity index (χ3n) is 7.13. The van der Waals surface area contributed by atoms with Crippen molar-refractivity contribution in [2.45, 2.75) is 44.7 Å². The third kappa shape index (κ3) is 6.37. The van der Waals surface area contributed by atoms with E-state index in [1.807, 2.05) is 30.3 Å². The Kier molecular flexibility index (Phi) is 8.24. The Labute approximate surface area is 231 Å². The van der Waals surface area contributed by atoms with Crippen LogP contribution in [0.1, 0.15) is 26.0 Å². The van der Waals surface area contributed by atoms with E-state index < -0.39 is 15.8 Å². The number of pyridine rings is 3. The summed E-state index contributed by atoms with van der Waals surface area (Å²) >= 11 is 0. The van der Waals surface area contributed by atoms with Crippen molar-refractivity contribution in [2.75, 3.05) is 37.6 Å². The fraction of sp³-hybridized carbons (Fsp3) is 0.481. The number of halogens is 2. The lowest BCUT2D eigenvalue weighted by molar-refractivity contribution is -0.120. The van der Waals surface area contributed by atoms with Crippen LogP contribution in [0.25, 0.3) is 22.3 Å². The van der Waals surface area contributed by atoms with E-state index in [9.17, 15) is 22.0 Å². The standard InChI is InChI=1S/C27H32F2N6O4S/c1-17-14-34(15-18(2)39-17)25-5-3-4-22(33-25)23-7-6-20-13-30-21(10-24(20)32-23)11-26(36)31-12-19-8-9-35(16-19)40(37,38)27(28)29/h3-7,10,13,17-19,27H,8-9,11-12,14-16H2,1-2H3,(H,31,36)/t17-,18+,19-/m0/s1. The van der Waals surface area contributed by atoms with Gasteiger partial charge in [-0.3, -0.25) is 9.78 Å². The van der Waals surface area contributed by atoms with Gasteiger partial charge in [-0.1, -0.05) is 6.07 Å². The quantitative estimate of drug-likeness (QED) is 0.437. The number of nitrogens with zero attached hydrogens (tertiary/aromatic N) is 5. The molecule has 2 saturated heterocycles. The number of hydrogen-bond acceptors (Lipinski definition) is 8. The van der Waals surface area contributed by atoms with Crippen LogP contribution in [-0.2, 0) is 26.0 Å². The molecule has 0 bridgehead atoms. The lowest BCUT2D eigenvalue weighted by Gasteiger charge is -2.36. The van der Waals surface area contributed by atoms with Gasteiger partial charge in [-0.15, -0.1) is 0 Å². The molecule has 3 aromatic rings. The number of carbonyl (C=O) groups excluding carboxylic acids is 1. The Morgan fingerprint density at radius 3 is 2.60 bits per heavy atom. The molecular weight excluding hydrogens is 542 g/mol. The Bertz CT molecular complexity index is 1480. The van der Waals surface area contributed by atoms with Crippen LogP contribution in [0.3, 0.4) is 0 Å². The van der Waals surface area contributed by atoms with Crippen LogP contribution in [0.15, 0.2) is 42.6 Å². The predicted molar refractivity (Wildman–Crippen MR) is 146 cm³/mol. The van der Waals surface area contributed by atoms with Crippen molar-refractivity contribution in [1.82, 2.24) is 24.6 Å². The highest BCUT2D eigenvalue weighted by atomic mass is 32.2. The summed E-state index contributed by atoms with van der Waals surface area (Å²) in [5.41, 5.74) is 2.65. The van der Waals surface area contributed by atoms with Crippen LogP contribution >= 0.6 is 0 Å². The van der Waals surface area contributed by atoms with Gasteiger partial charge in [0.15, 0.2) is 0 Å². The molecule has 2 aliphatic rings. The number of rotatable bonds is 8. The highest BCUT2D eigenvalue weighted by Gasteiger charge is 2.37. The first-order valence-electron chi connectivity index (χ1n) is 13.3. The van der Waals surface area contributed by atoms with Crippen LogP contribution < -0.4 is 10.2 Å². The lowest BCUT2D eigenvalue weighted by Crippen LogP contribution is -2.45. The minimum absolute atomic E-state index is 0.00868. The average molecular weight is 575 g/mol. The zero-order valence-electron chi connectivity index (χ0n) is 22.3. The van der Waals surface area contributed by atoms with Gasteiger partial charge < -0.3 is 15.0 Å². The van der Waals surface area contributed by atoms with Gasteiger partial charge >= 0.3 is 5.76 Å². The summed E-state index contributed by atoms with van der Waals surface area (Å²) in [6.45, 7) is 5.81. The number of aromatic nitrogens is 3. The van der Waals surface area contributed by atoms with Crippen molar-refractivity contribution in [3.05, 3.63) is 48.3 Å². The molecule has 0 spiro atoms. The number of amides is 1. The number of fused-ring (bicyclic) bond motifs is 1. The van der Waals surface area contributed by atoms with Gasteiger partial charge in [0.05, 0.1) is 41.2 Å². The van der Waals surface area contributed by atoms with E-state index in [1.165, 1.54) is 0 Å². The molecule has 0 radical (unpaired) electrons. The zero-order valence-corrected chi connectivity index (χ0v) is 23.2. The Hall–Kier alpha value is -3.29. The smallest absolute Gasteiger partial charge is 0.350 e. The molecule has 2 aliphatic heterocycles. The van der Waals surface area contributed by atoms with Crippen molar-refractivity contribution < 1.29 is 26.7 Å². The summed E-state index contributed by atoms with van der Waals surface area (Å²) in [5.74, 6) is -3.09. The summed E-state index contributed by atoms with van der Waals surface area (Å²) in [5, 5.41) is 3.60. The molecule has 214 valence electrons. The Morgan fingerprint density at radius 1 is 1.10 bits per heavy atom. The van der Waals surface area contributed by atoms with Crippen molar-refractivity contribution >= 4 is 32.7 Å². The van der Waals surface area contributed by atoms with Gasteiger partial charge in [-0.2, -0.15) is 13.1 Å². The maximum Gasteiger partial charge on any atom is 0.350 e. The van der Waals surface area contributed by atoms with E-state index in [0.29, 0.717) is 23.3 Å². The number of sulfonamides is 1. The fourth-order valence-electron chi connectivity index (χ4n) is 5.20. The fourth-order valence-corrected chi connectivity index (χ4v) is 6.20. The molecule has 2 fully saturated rings. The highest BCUT2D eigenvalue weighted by molar-refractivity contribution is 7.89. The van der Waals surface area contributed by atoms with Gasteiger partial charge in [-0.05, 0) is 56.5 Å². The van der Waals surface area contributed by atoms with Gasteiger partial charge in [-0.25, -0.2) is 18.4 Å². The average Bonchev–Trinajstić information content (AvgIpc) is 3.41. The number of carbonyl (C=O) groups is 1. The third-order valence-corrected chi connectivity index (χ3v) is 8.64. The van der Waals surface area contributed by atoms with Crippen molar-refractivity contribution in [3.8, 4) is 11.4 Å². The van der Waals surface area contributed by atoms with E-state index in [4.69, 9.17) is 14.7 Å². The Balaban J connectivity index is 1.23. The molecular formula is C27H32F2N6O4S. The van der Waals surface area contributed by atoms with Crippen LogP contribution in [0.2, 0.25) is 0 Å². The number of alkyl halides is 2. The molecule has 0 aliphatic carbocycles. The number of morpholine rings is 1. The normalized spacial score (nSPS) is 22.2. The van der Waals surface area contributed by atoms with Crippen LogP contribution in [0, 0.1) is 5.92 Å². The van der Waals surface area contributed by atoms with Gasteiger partial charge in [0, 0.05) is 44.3 Å². The molecule has 13 heteroatoms. The summed E-state index contributed by atoms with van der Waals surface area (Å²) in [6.07, 6.45) is 2.32. The van der Waals surface area contributed by atoms with Crippen LogP contribution in [0.5, 0.6) is 0 Å². The first-order valence-corrected chi connectivity index (χ1v) is 14.8. The number of hydrogen-bond donors (Lipinski definition) is 1. The molecule has 0 saturated carbocycles. The number of anilines is 1. The van der Waals surface area contributed by atoms with Gasteiger partial charge in [0.1, 0.15) is 5.82 Å². The zero-order chi connectivity index (χ0) is 28.4. The van der Waals surface area contributed by atoms with Crippen molar-refractivity contribution in [2.24, 2.45) is 5.92 Å². The van der Waals surface area contributed by atoms with Crippen molar-refractivity contribution in [1.29, 1.82) is 0 Å². The minimum atomic E-state index is -4.60. The number of ether oxygens (including phenoxy) is 1. The molecule has 1 N–H and O–H groups in total. The van der Waals surface area contributed by atoms with E-state index in [2.05, 4.69) is 29.0 Å². The maximum absolute atomic E-state index is 12.8. The predicted octanol–water partition coefficient (Wildman–Crippen LogP) is 2.84. The number of nitrogens with one attached hydrogen (secondary N) is 1. The van der Waals surface area contributed by atoms with E-state index in [1.54, 1.807) is 12.3 Å². The second-order valence-corrected chi connectivity index (χ2v) is 12.3. The highest BCUT2D eigenvalue weighted by Crippen LogP contribution is 2.25. The summed E-state index contributed by atoms with van der Waals surface area (Å²) in [6, 6.07) is 11.4. The first-order chi connectivity index (χ1) is 19.1. The molecule has 1 amide bonds. The molecule has 40 heavy (non-hydrogen) atoms. The van der Waals surface area contributed by atoms with E-state index in [-0.39, 0.29) is 50.1 Å². The Morgan fingerprint density at radius 2 is 1.85 bits per heavy atom. The van der Waals surface area contributed by atoms with E-state index in [0.717, 1.165) is 34.3 Å². The van der Waals surface area contributed by atoms with Gasteiger partial charge in [0.2, 0.25) is 5.91 Å². The van der Waals surface area contributed by atoms with E-state index >= 15 is 0 Å². The lowest BCUT2D eigenvalue weighted by atomic mass is 10.1. The molecule has 3 aromatic heterocycles. The minimum Gasteiger partial charge on any atom is -0.372 e. The second-order valence-electron chi connectivity index (χ2n) is 10.4. The van der Waals surface area contributed by atoms with Crippen molar-refractivity contribution in [3.63, 3.8) is 0 Å². The van der Waals surface area contributed by atoms with Crippen LogP contribution in [-0.4, -0.2) is 84.3 Å². The molecule has 0 unspecified atom stereocenters. The monoisotopic (exact) mass is 574 g/mol. The largest absolute Gasteiger partial charge is 0.372 e. The second kappa shape index (κ2) is 11.7. The summed E-state index contributed by atoms with van der Waals surface area (Å²) in [7, 11) is -4.60. The summed E-state index contributed by atoms with van der Waals surface area (Å²) in [4.78, 5) is 28.8. The molecule has 5 rings (SSSR count). The molecule has 10 nitrogen and oxygen atoms in total. The van der Waals surface area contributed by atoms with Crippen LogP contribution in [0.4, 0.5) is 14.6 Å². The molecule has 0 aromatic carbocycles.